The van der Waals surface area contributed by atoms with Crippen molar-refractivity contribution in [2.75, 3.05) is 6.61 Å². The van der Waals surface area contributed by atoms with E-state index in [1.54, 1.807) is 41.2 Å². The Morgan fingerprint density at radius 2 is 1.93 bits per heavy atom. The highest BCUT2D eigenvalue weighted by atomic mass is 35.5. The topological polar surface area (TPSA) is 69.0 Å². The van der Waals surface area contributed by atoms with Crippen LogP contribution < -0.4 is 10.1 Å². The van der Waals surface area contributed by atoms with Gasteiger partial charge in [-0.15, -0.1) is 0 Å². The molecule has 6 nitrogen and oxygen atoms in total. The Morgan fingerprint density at radius 1 is 1.17 bits per heavy atom. The number of nitrogens with zero attached hydrogens (tertiary/aromatic N) is 3. The Labute approximate surface area is 179 Å². The molecule has 2 heterocycles. The molecule has 1 atom stereocenters. The Morgan fingerprint density at radius 3 is 2.67 bits per heavy atom. The van der Waals surface area contributed by atoms with Crippen LogP contribution in [0.1, 0.15) is 17.3 Å². The van der Waals surface area contributed by atoms with Crippen LogP contribution in [0.3, 0.4) is 0 Å². The molecule has 0 fully saturated rings. The van der Waals surface area contributed by atoms with Gasteiger partial charge >= 0.3 is 0 Å². The first-order chi connectivity index (χ1) is 14.5. The molecule has 0 aliphatic rings. The number of halogens is 1. The van der Waals surface area contributed by atoms with Crippen molar-refractivity contribution in [3.63, 3.8) is 0 Å². The maximum atomic E-state index is 13.1. The standard InChI is InChI=1S/C23H21ClN4O2/c1-15(14-30-17-9-7-16(24)8-10-17)26-23(29)19-13-21(22-11-12-25-28(22)2)27-20-6-4-3-5-18(19)20/h3-13,15H,14H2,1-2H3,(H,26,29)/t15-/m0/s1. The molecule has 0 spiro atoms. The molecule has 0 unspecified atom stereocenters. The molecule has 0 bridgehead atoms. The molecular weight excluding hydrogens is 400 g/mol. The van der Waals surface area contributed by atoms with Crippen LogP contribution in [0.5, 0.6) is 5.75 Å². The zero-order valence-corrected chi connectivity index (χ0v) is 17.4. The third-order valence-electron chi connectivity index (χ3n) is 4.74. The fourth-order valence-electron chi connectivity index (χ4n) is 3.21. The lowest BCUT2D eigenvalue weighted by Crippen LogP contribution is -2.37. The lowest BCUT2D eigenvalue weighted by Gasteiger charge is -2.16. The van der Waals surface area contributed by atoms with Gasteiger partial charge in [-0.25, -0.2) is 4.98 Å². The molecule has 30 heavy (non-hydrogen) atoms. The van der Waals surface area contributed by atoms with Gasteiger partial charge in [0.2, 0.25) is 0 Å². The first-order valence-electron chi connectivity index (χ1n) is 9.58. The highest BCUT2D eigenvalue weighted by Crippen LogP contribution is 2.24. The summed E-state index contributed by atoms with van der Waals surface area (Å²) >= 11 is 5.90. The van der Waals surface area contributed by atoms with E-state index in [0.717, 1.165) is 16.6 Å². The number of carbonyl (C=O) groups is 1. The summed E-state index contributed by atoms with van der Waals surface area (Å²) in [6.45, 7) is 2.24. The van der Waals surface area contributed by atoms with Crippen molar-refractivity contribution in [1.29, 1.82) is 0 Å². The van der Waals surface area contributed by atoms with Gasteiger partial charge in [0.15, 0.2) is 0 Å². The SMILES string of the molecule is C[C@@H](COc1ccc(Cl)cc1)NC(=O)c1cc(-c2ccnn2C)nc2ccccc12. The number of pyridine rings is 1. The van der Waals surface area contributed by atoms with E-state index in [9.17, 15) is 4.79 Å². The molecule has 1 N–H and O–H groups in total. The molecule has 4 rings (SSSR count). The summed E-state index contributed by atoms with van der Waals surface area (Å²) in [6.07, 6.45) is 1.71. The molecule has 0 saturated heterocycles. The first-order valence-corrected chi connectivity index (χ1v) is 9.96. The molecule has 1 amide bonds. The van der Waals surface area contributed by atoms with Crippen molar-refractivity contribution >= 4 is 28.4 Å². The van der Waals surface area contributed by atoms with Crippen LogP contribution in [-0.2, 0) is 7.05 Å². The van der Waals surface area contributed by atoms with Crippen molar-refractivity contribution in [2.24, 2.45) is 7.05 Å². The van der Waals surface area contributed by atoms with E-state index in [-0.39, 0.29) is 11.9 Å². The number of ether oxygens (including phenoxy) is 1. The first kappa shape index (κ1) is 19.9. The van der Waals surface area contributed by atoms with Crippen LogP contribution in [0.4, 0.5) is 0 Å². The third-order valence-corrected chi connectivity index (χ3v) is 4.99. The number of amides is 1. The van der Waals surface area contributed by atoms with Crippen LogP contribution in [0.15, 0.2) is 66.9 Å². The number of para-hydroxylation sites is 1. The second-order valence-electron chi connectivity index (χ2n) is 7.05. The quantitative estimate of drug-likeness (QED) is 0.499. The Balaban J connectivity index is 1.56. The van der Waals surface area contributed by atoms with E-state index < -0.39 is 0 Å². The number of hydrogen-bond donors (Lipinski definition) is 1. The Bertz CT molecular complexity index is 1190. The minimum absolute atomic E-state index is 0.177. The van der Waals surface area contributed by atoms with Gasteiger partial charge in [0.25, 0.3) is 5.91 Å². The number of aromatic nitrogens is 3. The van der Waals surface area contributed by atoms with Crippen molar-refractivity contribution in [2.45, 2.75) is 13.0 Å². The van der Waals surface area contributed by atoms with Crippen LogP contribution in [0, 0.1) is 0 Å². The van der Waals surface area contributed by atoms with Gasteiger partial charge in [-0.05, 0) is 49.4 Å². The summed E-state index contributed by atoms with van der Waals surface area (Å²) in [5.74, 6) is 0.526. The molecule has 0 aliphatic heterocycles. The predicted molar refractivity (Wildman–Crippen MR) is 118 cm³/mol. The smallest absolute Gasteiger partial charge is 0.252 e. The molecule has 2 aromatic carbocycles. The molecule has 4 aromatic rings. The Hall–Kier alpha value is -3.38. The second-order valence-corrected chi connectivity index (χ2v) is 7.49. The molecule has 0 saturated carbocycles. The van der Waals surface area contributed by atoms with Crippen molar-refractivity contribution in [3.05, 3.63) is 77.4 Å². The van der Waals surface area contributed by atoms with E-state index >= 15 is 0 Å². The maximum Gasteiger partial charge on any atom is 0.252 e. The third kappa shape index (κ3) is 4.28. The van der Waals surface area contributed by atoms with Gasteiger partial charge < -0.3 is 10.1 Å². The highest BCUT2D eigenvalue weighted by molar-refractivity contribution is 6.30. The summed E-state index contributed by atoms with van der Waals surface area (Å²) in [6, 6.07) is 18.2. The second kappa shape index (κ2) is 8.55. The zero-order chi connectivity index (χ0) is 21.1. The fraction of sp³-hybridized carbons (Fsp3) is 0.174. The van der Waals surface area contributed by atoms with Crippen molar-refractivity contribution in [1.82, 2.24) is 20.1 Å². The minimum Gasteiger partial charge on any atom is -0.491 e. The number of hydrogen-bond acceptors (Lipinski definition) is 4. The van der Waals surface area contributed by atoms with Gasteiger partial charge in [-0.3, -0.25) is 9.48 Å². The number of aryl methyl sites for hydroxylation is 1. The highest BCUT2D eigenvalue weighted by Gasteiger charge is 2.17. The summed E-state index contributed by atoms with van der Waals surface area (Å²) in [4.78, 5) is 17.8. The number of nitrogens with one attached hydrogen (secondary N) is 1. The maximum absolute atomic E-state index is 13.1. The van der Waals surface area contributed by atoms with Crippen molar-refractivity contribution in [3.8, 4) is 17.1 Å². The summed E-state index contributed by atoms with van der Waals surface area (Å²) in [5, 5.41) is 8.67. The van der Waals surface area contributed by atoms with Gasteiger partial charge in [0, 0.05) is 23.7 Å². The van der Waals surface area contributed by atoms with E-state index in [1.165, 1.54) is 0 Å². The monoisotopic (exact) mass is 420 g/mol. The zero-order valence-electron chi connectivity index (χ0n) is 16.7. The fourth-order valence-corrected chi connectivity index (χ4v) is 3.34. The van der Waals surface area contributed by atoms with Crippen LogP contribution in [0.2, 0.25) is 5.02 Å². The molecular formula is C23H21ClN4O2. The van der Waals surface area contributed by atoms with Gasteiger partial charge in [0.05, 0.1) is 28.5 Å². The minimum atomic E-state index is -0.194. The van der Waals surface area contributed by atoms with E-state index in [2.05, 4.69) is 10.4 Å². The number of carbonyl (C=O) groups excluding carboxylic acids is 1. The largest absolute Gasteiger partial charge is 0.491 e. The van der Waals surface area contributed by atoms with Crippen LogP contribution >= 0.6 is 11.6 Å². The summed E-state index contributed by atoms with van der Waals surface area (Å²) in [5.41, 5.74) is 2.86. The lowest BCUT2D eigenvalue weighted by molar-refractivity contribution is 0.0928. The van der Waals surface area contributed by atoms with Crippen LogP contribution in [0.25, 0.3) is 22.3 Å². The summed E-state index contributed by atoms with van der Waals surface area (Å²) < 4.78 is 7.49. The van der Waals surface area contributed by atoms with E-state index in [1.807, 2.05) is 44.3 Å². The lowest BCUT2D eigenvalue weighted by atomic mass is 10.1. The number of rotatable bonds is 6. The molecule has 0 aliphatic carbocycles. The molecule has 152 valence electrons. The van der Waals surface area contributed by atoms with Crippen LogP contribution in [-0.4, -0.2) is 33.3 Å². The van der Waals surface area contributed by atoms with Crippen molar-refractivity contribution < 1.29 is 9.53 Å². The summed E-state index contributed by atoms with van der Waals surface area (Å²) in [7, 11) is 1.85. The van der Waals surface area contributed by atoms with E-state index in [0.29, 0.717) is 28.6 Å². The predicted octanol–water partition coefficient (Wildman–Crippen LogP) is 4.49. The van der Waals surface area contributed by atoms with Gasteiger partial charge in [0.1, 0.15) is 12.4 Å². The normalized spacial score (nSPS) is 12.0. The average Bonchev–Trinajstić information content (AvgIpc) is 3.18. The van der Waals surface area contributed by atoms with Gasteiger partial charge in [-0.2, -0.15) is 5.10 Å². The molecule has 2 aromatic heterocycles. The number of benzene rings is 2. The average molecular weight is 421 g/mol. The van der Waals surface area contributed by atoms with Gasteiger partial charge in [-0.1, -0.05) is 29.8 Å². The number of fused-ring (bicyclic) bond motifs is 1. The molecule has 0 radical (unpaired) electrons. The Kier molecular flexibility index (Phi) is 5.68. The van der Waals surface area contributed by atoms with E-state index in [4.69, 9.17) is 21.3 Å². The molecule has 7 heteroatoms.